The highest BCUT2D eigenvalue weighted by Crippen LogP contribution is 2.13. The number of hydrogen-bond acceptors (Lipinski definition) is 7. The van der Waals surface area contributed by atoms with Crippen LogP contribution in [0.2, 0.25) is 0 Å². The zero-order valence-electron chi connectivity index (χ0n) is 14.1. The molecule has 0 aromatic heterocycles. The van der Waals surface area contributed by atoms with E-state index in [-0.39, 0.29) is 45.4 Å². The number of amides is 1. The number of methoxy groups -OCH3 is 1. The van der Waals surface area contributed by atoms with Crippen molar-refractivity contribution in [2.24, 2.45) is 0 Å². The summed E-state index contributed by atoms with van der Waals surface area (Å²) < 4.78 is 60.5. The minimum absolute atomic E-state index is 0.0371. The third-order valence-electron chi connectivity index (χ3n) is 2.58. The van der Waals surface area contributed by atoms with Crippen LogP contribution < -0.4 is 5.32 Å². The Kier molecular flexibility index (Phi) is 14.0. The first-order valence-electron chi connectivity index (χ1n) is 7.60. The van der Waals surface area contributed by atoms with Crippen molar-refractivity contribution < 1.29 is 46.4 Å². The van der Waals surface area contributed by atoms with Gasteiger partial charge in [-0.1, -0.05) is 0 Å². The summed E-state index contributed by atoms with van der Waals surface area (Å²) in [6.45, 7) is 1.85. The molecular weight excluding hydrogens is 351 g/mol. The molecule has 0 aromatic rings. The van der Waals surface area contributed by atoms with E-state index in [0.29, 0.717) is 26.4 Å². The van der Waals surface area contributed by atoms with Gasteiger partial charge in [-0.15, -0.1) is 0 Å². The number of alkyl halides is 3. The van der Waals surface area contributed by atoms with Gasteiger partial charge in [-0.2, -0.15) is 13.2 Å². The lowest BCUT2D eigenvalue weighted by molar-refractivity contribution is -0.173. The maximum absolute atomic E-state index is 11.8. The van der Waals surface area contributed by atoms with Crippen molar-refractivity contribution in [2.75, 3.05) is 66.5 Å². The minimum Gasteiger partial charge on any atom is -0.469 e. The molecule has 1 amide bonds. The van der Waals surface area contributed by atoms with E-state index in [0.717, 1.165) is 0 Å². The van der Waals surface area contributed by atoms with Gasteiger partial charge >= 0.3 is 18.1 Å². The second-order valence-corrected chi connectivity index (χ2v) is 4.53. The highest BCUT2D eigenvalue weighted by Gasteiger charge is 2.38. The maximum atomic E-state index is 11.8. The number of esters is 1. The average molecular weight is 375 g/mol. The van der Waals surface area contributed by atoms with Gasteiger partial charge in [-0.05, 0) is 0 Å². The molecule has 0 aliphatic rings. The van der Waals surface area contributed by atoms with Crippen LogP contribution in [0.25, 0.3) is 0 Å². The molecule has 0 aliphatic carbocycles. The molecule has 0 aromatic carbocycles. The summed E-state index contributed by atoms with van der Waals surface area (Å²) in [4.78, 5) is 21.2. The molecule has 1 N–H and O–H groups in total. The van der Waals surface area contributed by atoms with Gasteiger partial charge in [0.1, 0.15) is 0 Å². The zero-order chi connectivity index (χ0) is 19.0. The molecule has 11 heteroatoms. The molecule has 8 nitrogen and oxygen atoms in total. The van der Waals surface area contributed by atoms with Crippen molar-refractivity contribution in [3.05, 3.63) is 0 Å². The van der Waals surface area contributed by atoms with E-state index in [1.165, 1.54) is 7.11 Å². The normalized spacial score (nSPS) is 11.4. The second-order valence-electron chi connectivity index (χ2n) is 4.53. The molecule has 0 bridgehead atoms. The van der Waals surface area contributed by atoms with Gasteiger partial charge < -0.3 is 29.0 Å². The minimum atomic E-state index is -4.88. The lowest BCUT2D eigenvalue weighted by atomic mass is 10.5. The maximum Gasteiger partial charge on any atom is 0.471 e. The fourth-order valence-electron chi connectivity index (χ4n) is 1.36. The summed E-state index contributed by atoms with van der Waals surface area (Å²) in [5, 5.41) is 1.68. The molecule has 0 rings (SSSR count). The summed E-state index contributed by atoms with van der Waals surface area (Å²) in [7, 11) is 1.31. The number of ether oxygens (including phenoxy) is 5. The summed E-state index contributed by atoms with van der Waals surface area (Å²) >= 11 is 0. The van der Waals surface area contributed by atoms with E-state index in [2.05, 4.69) is 4.74 Å². The number of carbonyl (C=O) groups excluding carboxylic acids is 2. The molecule has 0 spiro atoms. The van der Waals surface area contributed by atoms with Crippen molar-refractivity contribution in [1.82, 2.24) is 5.32 Å². The first-order valence-corrected chi connectivity index (χ1v) is 7.60. The monoisotopic (exact) mass is 375 g/mol. The van der Waals surface area contributed by atoms with Gasteiger partial charge in [0, 0.05) is 6.54 Å². The van der Waals surface area contributed by atoms with Crippen LogP contribution in [0.5, 0.6) is 0 Å². The first-order chi connectivity index (χ1) is 11.9. The molecule has 0 saturated carbocycles. The van der Waals surface area contributed by atoms with Crippen LogP contribution in [0.15, 0.2) is 0 Å². The van der Waals surface area contributed by atoms with Gasteiger partial charge in [0.25, 0.3) is 0 Å². The van der Waals surface area contributed by atoms with Gasteiger partial charge in [-0.25, -0.2) is 0 Å². The van der Waals surface area contributed by atoms with E-state index in [9.17, 15) is 22.8 Å². The van der Waals surface area contributed by atoms with E-state index in [1.54, 1.807) is 5.32 Å². The van der Waals surface area contributed by atoms with Crippen LogP contribution in [0.4, 0.5) is 13.2 Å². The predicted octanol–water partition coefficient (Wildman–Crippen LogP) is 0.294. The Hall–Kier alpha value is -1.43. The van der Waals surface area contributed by atoms with E-state index >= 15 is 0 Å². The number of carbonyl (C=O) groups is 2. The van der Waals surface area contributed by atoms with Crippen molar-refractivity contribution >= 4 is 11.9 Å². The van der Waals surface area contributed by atoms with Crippen molar-refractivity contribution in [3.63, 3.8) is 0 Å². The standard InChI is InChI=1S/C14H24F3NO7/c1-21-12(19)2-4-22-6-8-24-10-11-25-9-7-23-5-3-18-13(20)14(15,16)17/h2-11H2,1H3,(H,18,20). The topological polar surface area (TPSA) is 92.3 Å². The van der Waals surface area contributed by atoms with Gasteiger partial charge in [0.15, 0.2) is 0 Å². The quantitative estimate of drug-likeness (QED) is 0.325. The second kappa shape index (κ2) is 14.9. The largest absolute Gasteiger partial charge is 0.471 e. The summed E-state index contributed by atoms with van der Waals surface area (Å²) in [5.74, 6) is -2.32. The number of hydrogen-bond donors (Lipinski definition) is 1. The number of rotatable bonds is 15. The molecular formula is C14H24F3NO7. The Labute approximate surface area is 143 Å². The lowest BCUT2D eigenvalue weighted by Gasteiger charge is -2.09. The molecule has 0 radical (unpaired) electrons. The molecule has 0 saturated heterocycles. The van der Waals surface area contributed by atoms with Crippen molar-refractivity contribution in [2.45, 2.75) is 12.6 Å². The Morgan fingerprint density at radius 3 is 1.68 bits per heavy atom. The number of halogens is 3. The van der Waals surface area contributed by atoms with Crippen LogP contribution in [0, 0.1) is 0 Å². The molecule has 0 unspecified atom stereocenters. The predicted molar refractivity (Wildman–Crippen MR) is 79.0 cm³/mol. The van der Waals surface area contributed by atoms with Crippen LogP contribution in [0.3, 0.4) is 0 Å². The highest BCUT2D eigenvalue weighted by molar-refractivity contribution is 5.81. The van der Waals surface area contributed by atoms with Crippen LogP contribution >= 0.6 is 0 Å². The third kappa shape index (κ3) is 15.8. The average Bonchev–Trinajstić information content (AvgIpc) is 2.56. The molecule has 0 aliphatic heterocycles. The van der Waals surface area contributed by atoms with E-state index in [4.69, 9.17) is 18.9 Å². The SMILES string of the molecule is COC(=O)CCOCCOCCOCCOCCNC(=O)C(F)(F)F. The van der Waals surface area contributed by atoms with Crippen LogP contribution in [0.1, 0.15) is 6.42 Å². The molecule has 0 heterocycles. The van der Waals surface area contributed by atoms with Gasteiger partial charge in [0.2, 0.25) is 0 Å². The van der Waals surface area contributed by atoms with Crippen LogP contribution in [-0.4, -0.2) is 84.6 Å². The fraction of sp³-hybridized carbons (Fsp3) is 0.857. The highest BCUT2D eigenvalue weighted by atomic mass is 19.4. The smallest absolute Gasteiger partial charge is 0.469 e. The summed E-state index contributed by atoms with van der Waals surface area (Å²) in [6.07, 6.45) is -4.69. The number of nitrogens with one attached hydrogen (secondary N) is 1. The van der Waals surface area contributed by atoms with Gasteiger partial charge in [0.05, 0.1) is 66.4 Å². The molecule has 148 valence electrons. The fourth-order valence-corrected chi connectivity index (χ4v) is 1.36. The van der Waals surface area contributed by atoms with Crippen LogP contribution in [-0.2, 0) is 33.3 Å². The zero-order valence-corrected chi connectivity index (χ0v) is 14.1. The Bertz CT molecular complexity index is 367. The van der Waals surface area contributed by atoms with Crippen molar-refractivity contribution in [1.29, 1.82) is 0 Å². The Morgan fingerprint density at radius 1 is 0.800 bits per heavy atom. The van der Waals surface area contributed by atoms with Crippen molar-refractivity contribution in [3.8, 4) is 0 Å². The lowest BCUT2D eigenvalue weighted by Crippen LogP contribution is -2.38. The molecule has 0 atom stereocenters. The van der Waals surface area contributed by atoms with Gasteiger partial charge in [-0.3, -0.25) is 9.59 Å². The third-order valence-corrected chi connectivity index (χ3v) is 2.58. The first kappa shape index (κ1) is 23.6. The Morgan fingerprint density at radius 2 is 1.24 bits per heavy atom. The van der Waals surface area contributed by atoms with E-state index < -0.39 is 12.1 Å². The summed E-state index contributed by atoms with van der Waals surface area (Å²) in [5.41, 5.74) is 0. The summed E-state index contributed by atoms with van der Waals surface area (Å²) in [6, 6.07) is 0. The Balaban J connectivity index is 3.17. The molecule has 25 heavy (non-hydrogen) atoms. The molecule has 0 fully saturated rings. The van der Waals surface area contributed by atoms with E-state index in [1.807, 2.05) is 0 Å².